The molecule has 11 heteroatoms. The van der Waals surface area contributed by atoms with Gasteiger partial charge in [-0.25, -0.2) is 15.0 Å². The lowest BCUT2D eigenvalue weighted by Gasteiger charge is -2.31. The lowest BCUT2D eigenvalue weighted by atomic mass is 9.94. The molecule has 0 bridgehead atoms. The van der Waals surface area contributed by atoms with Crippen molar-refractivity contribution in [2.45, 2.75) is 67.3 Å². The molecule has 2 aliphatic rings. The maximum atomic E-state index is 6.35. The van der Waals surface area contributed by atoms with E-state index in [4.69, 9.17) is 19.2 Å². The number of hydrogen-bond donors (Lipinski definition) is 1. The molecule has 1 spiro atoms. The quantitative estimate of drug-likeness (QED) is 0.255. The zero-order valence-corrected chi connectivity index (χ0v) is 22.6. The summed E-state index contributed by atoms with van der Waals surface area (Å²) in [5.74, 6) is 1.95. The van der Waals surface area contributed by atoms with Crippen molar-refractivity contribution in [2.75, 3.05) is 11.9 Å². The zero-order valence-electron chi connectivity index (χ0n) is 21.0. The molecule has 2 fully saturated rings. The Morgan fingerprint density at radius 3 is 2.82 bits per heavy atom. The van der Waals surface area contributed by atoms with Crippen molar-refractivity contribution >= 4 is 34.2 Å². The van der Waals surface area contributed by atoms with Gasteiger partial charge in [0, 0.05) is 53.9 Å². The summed E-state index contributed by atoms with van der Waals surface area (Å²) < 4.78 is 23.3. The lowest BCUT2D eigenvalue weighted by molar-refractivity contribution is -0.188. The molecule has 4 aromatic heterocycles. The lowest BCUT2D eigenvalue weighted by Crippen LogP contribution is -2.32. The molecule has 6 rings (SSSR count). The summed E-state index contributed by atoms with van der Waals surface area (Å²) >= 11 is 2.78. The highest BCUT2D eigenvalue weighted by molar-refractivity contribution is 7.99. The highest BCUT2D eigenvalue weighted by atomic mass is 32.2. The molecule has 5 heterocycles. The molecule has 196 valence electrons. The van der Waals surface area contributed by atoms with E-state index in [0.29, 0.717) is 34.9 Å². The smallest absolute Gasteiger partial charge is 0.208 e. The second-order valence-electron chi connectivity index (χ2n) is 9.16. The molecule has 1 atom stereocenters. The first-order valence-electron chi connectivity index (χ1n) is 12.8. The first-order chi connectivity index (χ1) is 18.7. The van der Waals surface area contributed by atoms with Crippen LogP contribution in [0.4, 0.5) is 10.9 Å². The van der Waals surface area contributed by atoms with Crippen LogP contribution in [0.2, 0.25) is 0 Å². The molecule has 0 radical (unpaired) electrons. The largest absolute Gasteiger partial charge is 0.452 e. The Morgan fingerprint density at radius 1 is 1.08 bits per heavy atom. The predicted molar refractivity (Wildman–Crippen MR) is 145 cm³/mol. The van der Waals surface area contributed by atoms with Crippen molar-refractivity contribution in [3.63, 3.8) is 0 Å². The third-order valence-electron chi connectivity index (χ3n) is 6.52. The van der Waals surface area contributed by atoms with E-state index in [9.17, 15) is 0 Å². The van der Waals surface area contributed by atoms with E-state index in [1.165, 1.54) is 29.7 Å². The Morgan fingerprint density at radius 2 is 1.97 bits per heavy atom. The van der Waals surface area contributed by atoms with Gasteiger partial charge in [0.15, 0.2) is 23.2 Å². The predicted octanol–water partition coefficient (Wildman–Crippen LogP) is 6.72. The van der Waals surface area contributed by atoms with E-state index >= 15 is 0 Å². The molecule has 1 unspecified atom stereocenters. The van der Waals surface area contributed by atoms with Gasteiger partial charge in [0.1, 0.15) is 16.9 Å². The standard InChI is InChI=1S/C27H28N6O3S2/c1-2-19-20(9-8-14-28-19)35-21-15-18(37-23-10-4-7-13-29-23)16-30-24(21)31-26-32-25(33-38-26)22-17-34-27(36-22)11-5-3-6-12-27/h4,7-10,13-16,22H,2-3,5-6,11-12,17H2,1H3,(H,30,31,32,33). The van der Waals surface area contributed by atoms with Gasteiger partial charge in [-0.05, 0) is 43.5 Å². The van der Waals surface area contributed by atoms with Crippen molar-refractivity contribution < 1.29 is 14.2 Å². The number of nitrogens with one attached hydrogen (secondary N) is 1. The second kappa shape index (κ2) is 11.3. The molecule has 4 aromatic rings. The minimum atomic E-state index is -0.466. The van der Waals surface area contributed by atoms with Crippen LogP contribution in [0, 0.1) is 0 Å². The van der Waals surface area contributed by atoms with E-state index in [2.05, 4.69) is 31.6 Å². The Balaban J connectivity index is 1.24. The molecule has 1 aliphatic heterocycles. The van der Waals surface area contributed by atoms with E-state index in [1.807, 2.05) is 36.4 Å². The molecule has 1 N–H and O–H groups in total. The monoisotopic (exact) mass is 548 g/mol. The first-order valence-corrected chi connectivity index (χ1v) is 14.4. The third-order valence-corrected chi connectivity index (χ3v) is 8.07. The Hall–Kier alpha value is -3.12. The summed E-state index contributed by atoms with van der Waals surface area (Å²) in [5, 5.41) is 4.79. The van der Waals surface area contributed by atoms with Crippen LogP contribution in [0.3, 0.4) is 0 Å². The van der Waals surface area contributed by atoms with Crippen molar-refractivity contribution in [1.82, 2.24) is 24.3 Å². The van der Waals surface area contributed by atoms with Crippen LogP contribution in [-0.2, 0) is 15.9 Å². The summed E-state index contributed by atoms with van der Waals surface area (Å²) in [4.78, 5) is 19.1. The number of ether oxygens (including phenoxy) is 3. The number of pyridine rings is 3. The number of aromatic nitrogens is 5. The van der Waals surface area contributed by atoms with Crippen molar-refractivity contribution in [3.8, 4) is 11.5 Å². The van der Waals surface area contributed by atoms with E-state index < -0.39 is 5.79 Å². The fourth-order valence-corrected chi connectivity index (χ4v) is 6.02. The van der Waals surface area contributed by atoms with Gasteiger partial charge >= 0.3 is 0 Å². The van der Waals surface area contributed by atoms with Gasteiger partial charge in [-0.3, -0.25) is 4.98 Å². The van der Waals surface area contributed by atoms with Gasteiger partial charge in [0.2, 0.25) is 5.13 Å². The van der Waals surface area contributed by atoms with Crippen LogP contribution >= 0.6 is 23.3 Å². The van der Waals surface area contributed by atoms with E-state index in [1.54, 1.807) is 18.6 Å². The summed E-state index contributed by atoms with van der Waals surface area (Å²) in [7, 11) is 0. The van der Waals surface area contributed by atoms with Crippen LogP contribution in [0.25, 0.3) is 0 Å². The minimum absolute atomic E-state index is 0.261. The molecular weight excluding hydrogens is 520 g/mol. The fourth-order valence-electron chi connectivity index (χ4n) is 4.63. The summed E-state index contributed by atoms with van der Waals surface area (Å²) in [6, 6.07) is 11.5. The normalized spacial score (nSPS) is 18.5. The fraction of sp³-hybridized carbons (Fsp3) is 0.370. The minimum Gasteiger partial charge on any atom is -0.452 e. The van der Waals surface area contributed by atoms with Crippen molar-refractivity contribution in [1.29, 1.82) is 0 Å². The number of anilines is 2. The summed E-state index contributed by atoms with van der Waals surface area (Å²) in [6.45, 7) is 2.53. The van der Waals surface area contributed by atoms with Crippen LogP contribution in [0.1, 0.15) is 56.7 Å². The first kappa shape index (κ1) is 25.2. The van der Waals surface area contributed by atoms with Crippen LogP contribution in [0.5, 0.6) is 11.5 Å². The van der Waals surface area contributed by atoms with Crippen LogP contribution in [-0.4, -0.2) is 36.7 Å². The molecule has 0 aromatic carbocycles. The van der Waals surface area contributed by atoms with E-state index in [-0.39, 0.29) is 6.10 Å². The van der Waals surface area contributed by atoms with E-state index in [0.717, 1.165) is 47.7 Å². The SMILES string of the molecule is CCc1ncccc1Oc1cc(Sc2ccccn2)cnc1Nc1nc(C2COC3(CCCCC3)O2)ns1. The highest BCUT2D eigenvalue weighted by Crippen LogP contribution is 2.43. The van der Waals surface area contributed by atoms with Gasteiger partial charge < -0.3 is 19.5 Å². The van der Waals surface area contributed by atoms with Crippen LogP contribution < -0.4 is 10.1 Å². The maximum Gasteiger partial charge on any atom is 0.208 e. The number of hydrogen-bond acceptors (Lipinski definition) is 11. The third kappa shape index (κ3) is 5.65. The van der Waals surface area contributed by atoms with Gasteiger partial charge in [0.05, 0.1) is 12.3 Å². The number of rotatable bonds is 8. The van der Waals surface area contributed by atoms with Crippen molar-refractivity contribution in [3.05, 3.63) is 66.5 Å². The van der Waals surface area contributed by atoms with Crippen molar-refractivity contribution in [2.24, 2.45) is 0 Å². The summed E-state index contributed by atoms with van der Waals surface area (Å²) in [6.07, 6.45) is 11.2. The topological polar surface area (TPSA) is 104 Å². The van der Waals surface area contributed by atoms with Gasteiger partial charge in [-0.1, -0.05) is 31.2 Å². The number of nitrogens with zero attached hydrogens (tertiary/aromatic N) is 5. The second-order valence-corrected chi connectivity index (χ2v) is 11.0. The number of aryl methyl sites for hydroxylation is 1. The van der Waals surface area contributed by atoms with Crippen LogP contribution in [0.15, 0.2) is 64.9 Å². The molecule has 0 amide bonds. The molecule has 1 saturated heterocycles. The Bertz CT molecular complexity index is 1380. The Labute approximate surface area is 229 Å². The molecule has 9 nitrogen and oxygen atoms in total. The zero-order chi connectivity index (χ0) is 25.8. The molecule has 1 aliphatic carbocycles. The molecule has 1 saturated carbocycles. The summed E-state index contributed by atoms with van der Waals surface area (Å²) in [5.41, 5.74) is 0.870. The average molecular weight is 549 g/mol. The van der Waals surface area contributed by atoms with Gasteiger partial charge in [-0.2, -0.15) is 4.37 Å². The maximum absolute atomic E-state index is 6.35. The van der Waals surface area contributed by atoms with Gasteiger partial charge in [-0.15, -0.1) is 0 Å². The van der Waals surface area contributed by atoms with Gasteiger partial charge in [0.25, 0.3) is 0 Å². The highest BCUT2D eigenvalue weighted by Gasteiger charge is 2.44. The average Bonchev–Trinajstić information content (AvgIpc) is 3.59. The molecule has 38 heavy (non-hydrogen) atoms. The molecular formula is C27H28N6O3S2. The Kier molecular flexibility index (Phi) is 7.50.